The molecule has 11 aromatic rings. The Kier molecular flexibility index (Phi) is 7.67. The predicted octanol–water partition coefficient (Wildman–Crippen LogP) is 15.5. The Labute approximate surface area is 351 Å². The topological polar surface area (TPSA) is 4.93 Å². The van der Waals surface area contributed by atoms with Crippen molar-refractivity contribution in [3.63, 3.8) is 0 Å². The molecule has 0 saturated heterocycles. The van der Waals surface area contributed by atoms with E-state index < -0.39 is 5.41 Å². The first-order valence-corrected chi connectivity index (χ1v) is 21.1. The van der Waals surface area contributed by atoms with Crippen LogP contribution in [0.1, 0.15) is 22.3 Å². The quantitative estimate of drug-likeness (QED) is 0.163. The van der Waals surface area contributed by atoms with Crippen LogP contribution in [0, 0.1) is 0 Å². The van der Waals surface area contributed by atoms with Gasteiger partial charge in [0, 0.05) is 26.3 Å². The number of rotatable bonds is 5. The Hall–Kier alpha value is -7.00. The number of halogens is 1. The van der Waals surface area contributed by atoms with Gasteiger partial charge < -0.3 is 4.57 Å². The molecule has 0 fully saturated rings. The van der Waals surface area contributed by atoms with Crippen LogP contribution in [-0.2, 0) is 5.41 Å². The summed E-state index contributed by atoms with van der Waals surface area (Å²) in [6.45, 7) is 0. The van der Waals surface area contributed by atoms with Crippen molar-refractivity contribution in [2.45, 2.75) is 5.41 Å². The van der Waals surface area contributed by atoms with Gasteiger partial charge in [-0.25, -0.2) is 0 Å². The first-order chi connectivity index (χ1) is 29.2. The third-order valence-electron chi connectivity index (χ3n) is 12.7. The van der Waals surface area contributed by atoms with Crippen molar-refractivity contribution in [2.24, 2.45) is 0 Å². The van der Waals surface area contributed by atoms with E-state index in [-0.39, 0.29) is 0 Å². The largest absolute Gasteiger partial charge is 0.309 e. The summed E-state index contributed by atoms with van der Waals surface area (Å²) < 4.78 is 3.64. The highest BCUT2D eigenvalue weighted by Crippen LogP contribution is 2.57. The fourth-order valence-corrected chi connectivity index (χ4v) is 10.8. The Morgan fingerprint density at radius 2 is 0.915 bits per heavy atom. The SMILES string of the molecule is Brc1ccccc1-c1ccccc1-c1cc2c(c3ccccc13)c1ccc3ccccc3c1n2-c1ccc2c(c1)-c1ccccc1C2(c1ccccc1)c1ccccc1. The van der Waals surface area contributed by atoms with Gasteiger partial charge in [0.05, 0.1) is 16.4 Å². The standard InChI is InChI=1S/C57H36BrN/c58-53-30-16-14-27-46(53)42-23-9-10-24-43(42)49-36-54-55(47-28-12-11-25-44(47)49)48-33-31-37-17-7-8-22-41(37)56(48)59(54)40-32-34-52-50(35-40)45-26-13-15-29-51(45)57(52,38-18-3-1-4-19-38)39-20-5-2-6-21-39/h1-36H. The lowest BCUT2D eigenvalue weighted by Crippen LogP contribution is -2.28. The molecule has 10 aromatic carbocycles. The maximum atomic E-state index is 3.89. The lowest BCUT2D eigenvalue weighted by molar-refractivity contribution is 0.768. The van der Waals surface area contributed by atoms with E-state index in [2.05, 4.69) is 239 Å². The molecule has 2 heteroatoms. The zero-order valence-electron chi connectivity index (χ0n) is 32.1. The van der Waals surface area contributed by atoms with E-state index in [0.29, 0.717) is 0 Å². The van der Waals surface area contributed by atoms with Crippen molar-refractivity contribution in [1.29, 1.82) is 0 Å². The fraction of sp³-hybridized carbons (Fsp3) is 0.0175. The Morgan fingerprint density at radius 3 is 1.64 bits per heavy atom. The van der Waals surface area contributed by atoms with E-state index in [1.165, 1.54) is 99.0 Å². The van der Waals surface area contributed by atoms with Gasteiger partial charge in [-0.3, -0.25) is 0 Å². The summed E-state index contributed by atoms with van der Waals surface area (Å²) in [5.41, 5.74) is 15.6. The Morgan fingerprint density at radius 1 is 0.356 bits per heavy atom. The number of aromatic nitrogens is 1. The minimum atomic E-state index is -0.459. The molecule has 0 unspecified atom stereocenters. The molecule has 12 rings (SSSR count). The molecule has 59 heavy (non-hydrogen) atoms. The number of nitrogens with zero attached hydrogens (tertiary/aromatic N) is 1. The van der Waals surface area contributed by atoms with Gasteiger partial charge in [0.25, 0.3) is 0 Å². The first kappa shape index (κ1) is 34.1. The molecule has 1 nitrogen and oxygen atoms in total. The predicted molar refractivity (Wildman–Crippen MR) is 252 cm³/mol. The minimum Gasteiger partial charge on any atom is -0.309 e. The van der Waals surface area contributed by atoms with Crippen LogP contribution in [0.5, 0.6) is 0 Å². The van der Waals surface area contributed by atoms with Crippen LogP contribution in [0.3, 0.4) is 0 Å². The van der Waals surface area contributed by atoms with E-state index in [1.54, 1.807) is 0 Å². The van der Waals surface area contributed by atoms with Crippen LogP contribution in [-0.4, -0.2) is 4.57 Å². The van der Waals surface area contributed by atoms with Gasteiger partial charge >= 0.3 is 0 Å². The van der Waals surface area contributed by atoms with Crippen LogP contribution in [0.25, 0.3) is 82.4 Å². The second-order valence-electron chi connectivity index (χ2n) is 15.7. The number of hydrogen-bond acceptors (Lipinski definition) is 0. The summed E-state index contributed by atoms with van der Waals surface area (Å²) in [4.78, 5) is 0. The Balaban J connectivity index is 1.21. The highest BCUT2D eigenvalue weighted by Gasteiger charge is 2.46. The van der Waals surface area contributed by atoms with E-state index in [0.717, 1.165) is 10.2 Å². The van der Waals surface area contributed by atoms with E-state index in [9.17, 15) is 0 Å². The molecular weight excluding hydrogens is 779 g/mol. The number of hydrogen-bond donors (Lipinski definition) is 0. The van der Waals surface area contributed by atoms with Gasteiger partial charge in [0.1, 0.15) is 0 Å². The number of fused-ring (bicyclic) bond motifs is 10. The van der Waals surface area contributed by atoms with E-state index in [1.807, 2.05) is 0 Å². The smallest absolute Gasteiger partial charge is 0.0713 e. The van der Waals surface area contributed by atoms with Gasteiger partial charge in [-0.1, -0.05) is 210 Å². The van der Waals surface area contributed by atoms with Gasteiger partial charge in [-0.15, -0.1) is 0 Å². The molecule has 276 valence electrons. The average molecular weight is 815 g/mol. The van der Waals surface area contributed by atoms with Crippen LogP contribution in [0.15, 0.2) is 223 Å². The summed E-state index contributed by atoms with van der Waals surface area (Å²) in [6, 6.07) is 80.7. The second-order valence-corrected chi connectivity index (χ2v) is 16.5. The fourth-order valence-electron chi connectivity index (χ4n) is 10.3. The van der Waals surface area contributed by atoms with Gasteiger partial charge in [-0.2, -0.15) is 0 Å². The molecule has 0 aliphatic heterocycles. The van der Waals surface area contributed by atoms with Crippen molar-refractivity contribution in [2.75, 3.05) is 0 Å². The van der Waals surface area contributed by atoms with Crippen LogP contribution in [0.4, 0.5) is 0 Å². The zero-order chi connectivity index (χ0) is 39.1. The van der Waals surface area contributed by atoms with Crippen molar-refractivity contribution in [3.8, 4) is 39.1 Å². The first-order valence-electron chi connectivity index (χ1n) is 20.3. The van der Waals surface area contributed by atoms with E-state index in [4.69, 9.17) is 0 Å². The van der Waals surface area contributed by atoms with Crippen LogP contribution in [0.2, 0.25) is 0 Å². The molecule has 0 atom stereocenters. The normalized spacial score (nSPS) is 13.0. The molecule has 0 N–H and O–H groups in total. The average Bonchev–Trinajstić information content (AvgIpc) is 3.80. The molecular formula is C57H36BrN. The highest BCUT2D eigenvalue weighted by atomic mass is 79.9. The van der Waals surface area contributed by atoms with Crippen LogP contribution < -0.4 is 0 Å². The Bertz CT molecular complexity index is 3410. The maximum absolute atomic E-state index is 3.89. The monoisotopic (exact) mass is 813 g/mol. The lowest BCUT2D eigenvalue weighted by Gasteiger charge is -2.33. The molecule has 0 amide bonds. The third kappa shape index (κ3) is 4.91. The summed E-state index contributed by atoms with van der Waals surface area (Å²) in [5.74, 6) is 0. The highest BCUT2D eigenvalue weighted by molar-refractivity contribution is 9.10. The van der Waals surface area contributed by atoms with Crippen molar-refractivity contribution >= 4 is 59.3 Å². The number of benzene rings is 10. The second kappa shape index (κ2) is 13.3. The van der Waals surface area contributed by atoms with Gasteiger partial charge in [0.2, 0.25) is 0 Å². The molecule has 0 saturated carbocycles. The summed E-state index contributed by atoms with van der Waals surface area (Å²) in [5, 5.41) is 7.48. The molecule has 1 heterocycles. The molecule has 0 radical (unpaired) electrons. The van der Waals surface area contributed by atoms with Crippen molar-refractivity contribution < 1.29 is 0 Å². The molecule has 1 aliphatic carbocycles. The van der Waals surface area contributed by atoms with Crippen molar-refractivity contribution in [1.82, 2.24) is 4.57 Å². The summed E-state index contributed by atoms with van der Waals surface area (Å²) in [7, 11) is 0. The van der Waals surface area contributed by atoms with Crippen LogP contribution >= 0.6 is 15.9 Å². The van der Waals surface area contributed by atoms with E-state index >= 15 is 0 Å². The van der Waals surface area contributed by atoms with Gasteiger partial charge in [-0.05, 0) is 96.1 Å². The summed E-state index contributed by atoms with van der Waals surface area (Å²) in [6.07, 6.45) is 0. The summed E-state index contributed by atoms with van der Waals surface area (Å²) >= 11 is 3.89. The van der Waals surface area contributed by atoms with Gasteiger partial charge in [0.15, 0.2) is 0 Å². The lowest BCUT2D eigenvalue weighted by atomic mass is 9.68. The van der Waals surface area contributed by atoms with Crippen molar-refractivity contribution in [3.05, 3.63) is 245 Å². The molecule has 1 aliphatic rings. The minimum absolute atomic E-state index is 0.459. The maximum Gasteiger partial charge on any atom is 0.0713 e. The third-order valence-corrected chi connectivity index (χ3v) is 13.4. The molecule has 1 aromatic heterocycles. The molecule has 0 spiro atoms. The zero-order valence-corrected chi connectivity index (χ0v) is 33.7. The molecule has 0 bridgehead atoms.